The largest absolute Gasteiger partial charge is 0.465 e. The van der Waals surface area contributed by atoms with Crippen LogP contribution in [0.4, 0.5) is 0 Å². The Bertz CT molecular complexity index is 404. The number of carbonyl (C=O) groups is 1. The van der Waals surface area contributed by atoms with Gasteiger partial charge in [0.05, 0.1) is 6.61 Å². The number of benzene rings is 1. The fourth-order valence-electron chi connectivity index (χ4n) is 1.29. The number of aryl methyl sites for hydroxylation is 1. The van der Waals surface area contributed by atoms with E-state index in [1.165, 1.54) is 0 Å². The second-order valence-corrected chi connectivity index (χ2v) is 3.58. The fourth-order valence-corrected chi connectivity index (χ4v) is 1.29. The number of hydrogen-bond donors (Lipinski definition) is 0. The summed E-state index contributed by atoms with van der Waals surface area (Å²) in [5.41, 5.74) is 0.658. The molecule has 0 N–H and O–H groups in total. The smallest absolute Gasteiger partial charge is 0.306 e. The number of allylic oxidation sites excluding steroid dienone is 1. The number of carbonyl (C=O) groups excluding carboxylic acids is 1. The normalized spacial score (nSPS) is 16.1. The molecule has 2 heteroatoms. The predicted molar refractivity (Wildman–Crippen MR) is 69.8 cm³/mol. The zero-order chi connectivity index (χ0) is 14.1. The first-order valence-electron chi connectivity index (χ1n) is 7.03. The van der Waals surface area contributed by atoms with Crippen molar-refractivity contribution in [3.05, 3.63) is 48.0 Å². The summed E-state index contributed by atoms with van der Waals surface area (Å²) in [6.07, 6.45) is 3.46. The first-order chi connectivity index (χ1) is 9.16. The van der Waals surface area contributed by atoms with Gasteiger partial charge in [-0.05, 0) is 24.8 Å². The molecule has 0 radical (unpaired) electrons. The molecule has 92 valence electrons. The van der Waals surface area contributed by atoms with Gasteiger partial charge in [0.15, 0.2) is 0 Å². The summed E-state index contributed by atoms with van der Waals surface area (Å²) in [6, 6.07) is 8.93. The molecular formula is C15H20O2. The Kier molecular flexibility index (Phi) is 5.33. The van der Waals surface area contributed by atoms with Gasteiger partial charge in [-0.15, -0.1) is 0 Å². The molecule has 1 rings (SSSR count). The van der Waals surface area contributed by atoms with Gasteiger partial charge in [0.1, 0.15) is 0 Å². The standard InChI is InChI=1S/C15H20O2/c1-2-3-4-8-13-17-15(16)12-11-14-9-6-5-7-10-14/h3-7,9-10H,2,8,11-13H2,1H3/i11D,12D. The molecular weight excluding hydrogens is 212 g/mol. The van der Waals surface area contributed by atoms with Crippen LogP contribution in [0, 0.1) is 0 Å². The second-order valence-electron chi connectivity index (χ2n) is 3.58. The van der Waals surface area contributed by atoms with E-state index in [2.05, 4.69) is 0 Å². The Labute approximate surface area is 106 Å². The molecule has 0 aromatic heterocycles. The maximum Gasteiger partial charge on any atom is 0.306 e. The Hall–Kier alpha value is -1.57. The molecule has 0 aliphatic rings. The number of ether oxygens (including phenoxy) is 1. The molecule has 0 heterocycles. The Morgan fingerprint density at radius 1 is 1.35 bits per heavy atom. The van der Waals surface area contributed by atoms with Crippen LogP contribution in [-0.2, 0) is 15.9 Å². The van der Waals surface area contributed by atoms with Crippen molar-refractivity contribution in [3.63, 3.8) is 0 Å². The SMILES string of the molecule is [2H]C(C(=O)OCCC=CCC)C([2H])c1ccccc1. The fraction of sp³-hybridized carbons (Fsp3) is 0.400. The van der Waals surface area contributed by atoms with Crippen molar-refractivity contribution in [3.8, 4) is 0 Å². The lowest BCUT2D eigenvalue weighted by molar-refractivity contribution is -0.143. The molecule has 0 aliphatic heterocycles. The second kappa shape index (κ2) is 8.57. The summed E-state index contributed by atoms with van der Waals surface area (Å²) < 4.78 is 20.6. The lowest BCUT2D eigenvalue weighted by atomic mass is 10.1. The average molecular weight is 234 g/mol. The van der Waals surface area contributed by atoms with E-state index < -0.39 is 18.8 Å². The van der Waals surface area contributed by atoms with Crippen LogP contribution < -0.4 is 0 Å². The van der Waals surface area contributed by atoms with Crippen molar-refractivity contribution >= 4 is 5.97 Å². The Morgan fingerprint density at radius 2 is 2.12 bits per heavy atom. The molecule has 0 aliphatic carbocycles. The van der Waals surface area contributed by atoms with Crippen molar-refractivity contribution < 1.29 is 12.3 Å². The summed E-state index contributed by atoms with van der Waals surface area (Å²) in [4.78, 5) is 11.6. The summed E-state index contributed by atoms with van der Waals surface area (Å²) in [5.74, 6) is -0.631. The third-order valence-corrected chi connectivity index (χ3v) is 2.14. The van der Waals surface area contributed by atoms with E-state index in [4.69, 9.17) is 7.48 Å². The highest BCUT2D eigenvalue weighted by molar-refractivity contribution is 5.69. The topological polar surface area (TPSA) is 26.3 Å². The zero-order valence-electron chi connectivity index (χ0n) is 12.1. The first kappa shape index (κ1) is 10.6. The van der Waals surface area contributed by atoms with Crippen LogP contribution in [-0.4, -0.2) is 12.6 Å². The lowest BCUT2D eigenvalue weighted by Gasteiger charge is -2.03. The molecule has 2 atom stereocenters. The van der Waals surface area contributed by atoms with Crippen molar-refractivity contribution in [2.75, 3.05) is 6.61 Å². The van der Waals surface area contributed by atoms with Gasteiger partial charge < -0.3 is 4.74 Å². The van der Waals surface area contributed by atoms with Gasteiger partial charge in [-0.3, -0.25) is 4.79 Å². The van der Waals surface area contributed by atoms with Crippen molar-refractivity contribution in [2.24, 2.45) is 0 Å². The van der Waals surface area contributed by atoms with Crippen LogP contribution in [0.3, 0.4) is 0 Å². The molecule has 0 fully saturated rings. The molecule has 0 saturated heterocycles. The van der Waals surface area contributed by atoms with Crippen LogP contribution in [0.2, 0.25) is 0 Å². The molecule has 0 spiro atoms. The number of hydrogen-bond acceptors (Lipinski definition) is 2. The summed E-state index contributed by atoms with van der Waals surface area (Å²) in [6.45, 7) is 2.30. The van der Waals surface area contributed by atoms with Crippen molar-refractivity contribution in [2.45, 2.75) is 32.6 Å². The van der Waals surface area contributed by atoms with Gasteiger partial charge in [-0.2, -0.15) is 0 Å². The van der Waals surface area contributed by atoms with E-state index >= 15 is 0 Å². The van der Waals surface area contributed by atoms with Gasteiger partial charge in [0.25, 0.3) is 0 Å². The highest BCUT2D eigenvalue weighted by Crippen LogP contribution is 2.03. The van der Waals surface area contributed by atoms with E-state index in [9.17, 15) is 4.79 Å². The summed E-state index contributed by atoms with van der Waals surface area (Å²) >= 11 is 0. The third kappa shape index (κ3) is 6.56. The van der Waals surface area contributed by atoms with Crippen molar-refractivity contribution in [1.29, 1.82) is 0 Å². The minimum Gasteiger partial charge on any atom is -0.465 e. The Balaban J connectivity index is 2.42. The van der Waals surface area contributed by atoms with E-state index in [-0.39, 0.29) is 6.61 Å². The van der Waals surface area contributed by atoms with Crippen LogP contribution in [0.25, 0.3) is 0 Å². The summed E-state index contributed by atoms with van der Waals surface area (Å²) in [5, 5.41) is 0. The van der Waals surface area contributed by atoms with E-state index in [1.54, 1.807) is 24.3 Å². The van der Waals surface area contributed by atoms with Gasteiger partial charge >= 0.3 is 5.97 Å². The molecule has 1 aromatic rings. The maximum absolute atomic E-state index is 11.6. The van der Waals surface area contributed by atoms with Crippen LogP contribution >= 0.6 is 0 Å². The quantitative estimate of drug-likeness (QED) is 0.410. The van der Waals surface area contributed by atoms with Crippen LogP contribution in [0.1, 0.15) is 34.5 Å². The van der Waals surface area contributed by atoms with Gasteiger partial charge in [0, 0.05) is 9.14 Å². The number of rotatable bonds is 7. The highest BCUT2D eigenvalue weighted by Gasteiger charge is 2.02. The average Bonchev–Trinajstić information content (AvgIpc) is 2.46. The first-order valence-corrected chi connectivity index (χ1v) is 5.88. The van der Waals surface area contributed by atoms with Gasteiger partial charge in [-0.25, -0.2) is 0 Å². The predicted octanol–water partition coefficient (Wildman–Crippen LogP) is 3.52. The molecule has 0 bridgehead atoms. The van der Waals surface area contributed by atoms with Gasteiger partial charge in [-0.1, -0.05) is 49.4 Å². The van der Waals surface area contributed by atoms with Crippen LogP contribution in [0.15, 0.2) is 42.5 Å². The highest BCUT2D eigenvalue weighted by atomic mass is 16.5. The van der Waals surface area contributed by atoms with Crippen molar-refractivity contribution in [1.82, 2.24) is 0 Å². The molecule has 0 saturated carbocycles. The van der Waals surface area contributed by atoms with E-state index in [1.807, 2.05) is 25.1 Å². The molecule has 1 aromatic carbocycles. The maximum atomic E-state index is 11.6. The summed E-state index contributed by atoms with van der Waals surface area (Å²) in [7, 11) is 0. The minimum atomic E-state index is -1.20. The molecule has 2 unspecified atom stereocenters. The van der Waals surface area contributed by atoms with Gasteiger partial charge in [0.2, 0.25) is 0 Å². The molecule has 2 nitrogen and oxygen atoms in total. The minimum absolute atomic E-state index is 0.270. The lowest BCUT2D eigenvalue weighted by Crippen LogP contribution is -2.06. The third-order valence-electron chi connectivity index (χ3n) is 2.14. The van der Waals surface area contributed by atoms with Crippen LogP contribution in [0.5, 0.6) is 0 Å². The monoisotopic (exact) mass is 234 g/mol. The van der Waals surface area contributed by atoms with E-state index in [0.717, 1.165) is 6.42 Å². The zero-order valence-corrected chi connectivity index (χ0v) is 10.1. The Morgan fingerprint density at radius 3 is 2.82 bits per heavy atom. The molecule has 0 amide bonds. The molecule has 17 heavy (non-hydrogen) atoms. The van der Waals surface area contributed by atoms with E-state index in [0.29, 0.717) is 12.0 Å². The number of esters is 1.